The highest BCUT2D eigenvalue weighted by Gasteiger charge is 2.20. The van der Waals surface area contributed by atoms with Crippen molar-refractivity contribution in [1.29, 1.82) is 0 Å². The van der Waals surface area contributed by atoms with E-state index < -0.39 is 11.9 Å². The molecule has 0 bridgehead atoms. The van der Waals surface area contributed by atoms with Crippen molar-refractivity contribution in [3.63, 3.8) is 0 Å². The second-order valence-corrected chi connectivity index (χ2v) is 4.91. The van der Waals surface area contributed by atoms with Gasteiger partial charge < -0.3 is 5.11 Å². The smallest absolute Gasteiger partial charge is 0.143 e. The number of rotatable bonds is 2. The first kappa shape index (κ1) is 11.6. The van der Waals surface area contributed by atoms with Gasteiger partial charge in [-0.3, -0.25) is 0 Å². The average Bonchev–Trinajstić information content (AvgIpc) is 2.68. The summed E-state index contributed by atoms with van der Waals surface area (Å²) in [4.78, 5) is 0.567. The predicted octanol–water partition coefficient (Wildman–Crippen LogP) is 2.83. The van der Waals surface area contributed by atoms with Crippen LogP contribution in [0, 0.1) is 12.7 Å². The normalized spacial score (nSPS) is 12.8. The number of nitrogens with zero attached hydrogens (tertiary/aromatic N) is 2. The van der Waals surface area contributed by atoms with Gasteiger partial charge in [0, 0.05) is 5.56 Å². The Morgan fingerprint density at radius 1 is 1.50 bits per heavy atom. The zero-order chi connectivity index (χ0) is 11.7. The van der Waals surface area contributed by atoms with Crippen LogP contribution in [0.3, 0.4) is 0 Å². The summed E-state index contributed by atoms with van der Waals surface area (Å²) in [5, 5.41) is 13.8. The molecule has 1 aromatic heterocycles. The number of aliphatic hydroxyl groups excluding tert-OH is 1. The summed E-state index contributed by atoms with van der Waals surface area (Å²) in [6.45, 7) is 1.73. The molecule has 0 fully saturated rings. The standard InChI is InChI=1S/C10H8BrFN2OS/c1-5-10(16-14-13-5)9(15)6-3-2-4-7(11)8(6)12/h2-4,9,15H,1H3. The Hall–Kier alpha value is -0.850. The number of aryl methyl sites for hydroxylation is 1. The fraction of sp³-hybridized carbons (Fsp3) is 0.200. The zero-order valence-electron chi connectivity index (χ0n) is 8.32. The van der Waals surface area contributed by atoms with Crippen LogP contribution in [0.1, 0.15) is 22.2 Å². The van der Waals surface area contributed by atoms with Gasteiger partial charge in [-0.2, -0.15) is 0 Å². The van der Waals surface area contributed by atoms with Crippen molar-refractivity contribution in [3.05, 3.63) is 44.6 Å². The third kappa shape index (κ3) is 2.00. The van der Waals surface area contributed by atoms with Crippen molar-refractivity contribution in [2.24, 2.45) is 0 Å². The van der Waals surface area contributed by atoms with E-state index in [9.17, 15) is 9.50 Å². The van der Waals surface area contributed by atoms with Crippen molar-refractivity contribution >= 4 is 27.5 Å². The van der Waals surface area contributed by atoms with Gasteiger partial charge in [-0.1, -0.05) is 16.6 Å². The van der Waals surface area contributed by atoms with E-state index in [-0.39, 0.29) is 5.56 Å². The summed E-state index contributed by atoms with van der Waals surface area (Å²) in [7, 11) is 0. The molecule has 2 rings (SSSR count). The monoisotopic (exact) mass is 302 g/mol. The van der Waals surface area contributed by atoms with Gasteiger partial charge in [0.15, 0.2) is 0 Å². The molecule has 0 aliphatic heterocycles. The van der Waals surface area contributed by atoms with Crippen molar-refractivity contribution in [2.45, 2.75) is 13.0 Å². The lowest BCUT2D eigenvalue weighted by atomic mass is 10.1. The molecule has 0 radical (unpaired) electrons. The first-order valence-electron chi connectivity index (χ1n) is 4.52. The second kappa shape index (κ2) is 4.57. The van der Waals surface area contributed by atoms with Crippen LogP contribution in [-0.2, 0) is 0 Å². The maximum Gasteiger partial charge on any atom is 0.143 e. The van der Waals surface area contributed by atoms with Crippen molar-refractivity contribution in [3.8, 4) is 0 Å². The van der Waals surface area contributed by atoms with Gasteiger partial charge in [-0.15, -0.1) is 5.10 Å². The molecular weight excluding hydrogens is 295 g/mol. The van der Waals surface area contributed by atoms with Crippen molar-refractivity contribution in [1.82, 2.24) is 9.59 Å². The lowest BCUT2D eigenvalue weighted by Gasteiger charge is -2.10. The second-order valence-electron chi connectivity index (χ2n) is 3.27. The summed E-state index contributed by atoms with van der Waals surface area (Å²) >= 11 is 4.16. The number of aromatic nitrogens is 2. The number of hydrogen-bond acceptors (Lipinski definition) is 4. The molecule has 6 heteroatoms. The zero-order valence-corrected chi connectivity index (χ0v) is 10.7. The molecule has 84 valence electrons. The van der Waals surface area contributed by atoms with Crippen LogP contribution in [-0.4, -0.2) is 14.7 Å². The van der Waals surface area contributed by atoms with Crippen LogP contribution < -0.4 is 0 Å². The predicted molar refractivity (Wildman–Crippen MR) is 62.8 cm³/mol. The van der Waals surface area contributed by atoms with Crippen molar-refractivity contribution in [2.75, 3.05) is 0 Å². The van der Waals surface area contributed by atoms with Crippen LogP contribution >= 0.6 is 27.5 Å². The third-order valence-electron chi connectivity index (χ3n) is 2.21. The Labute approximate surface area is 104 Å². The Bertz CT molecular complexity index is 517. The van der Waals surface area contributed by atoms with Crippen LogP contribution in [0.25, 0.3) is 0 Å². The molecule has 0 aliphatic carbocycles. The minimum atomic E-state index is -1.02. The molecule has 0 spiro atoms. The quantitative estimate of drug-likeness (QED) is 0.928. The highest BCUT2D eigenvalue weighted by molar-refractivity contribution is 9.10. The summed E-state index contributed by atoms with van der Waals surface area (Å²) in [5.41, 5.74) is 0.848. The van der Waals surface area contributed by atoms with E-state index in [0.717, 1.165) is 11.5 Å². The lowest BCUT2D eigenvalue weighted by Crippen LogP contribution is -2.02. The molecule has 0 aliphatic rings. The molecule has 1 unspecified atom stereocenters. The van der Waals surface area contributed by atoms with Gasteiger partial charge in [0.05, 0.1) is 15.0 Å². The van der Waals surface area contributed by atoms with Crippen LogP contribution in [0.2, 0.25) is 0 Å². The molecule has 1 atom stereocenters. The van der Waals surface area contributed by atoms with Crippen LogP contribution in [0.15, 0.2) is 22.7 Å². The van der Waals surface area contributed by atoms with Gasteiger partial charge in [0.25, 0.3) is 0 Å². The van der Waals surface area contributed by atoms with E-state index in [4.69, 9.17) is 0 Å². The highest BCUT2D eigenvalue weighted by atomic mass is 79.9. The van der Waals surface area contributed by atoms with E-state index in [1.165, 1.54) is 0 Å². The molecule has 1 heterocycles. The lowest BCUT2D eigenvalue weighted by molar-refractivity contribution is 0.217. The maximum atomic E-state index is 13.7. The van der Waals surface area contributed by atoms with Gasteiger partial charge in [-0.05, 0) is 40.5 Å². The average molecular weight is 303 g/mol. The maximum absolute atomic E-state index is 13.7. The number of aliphatic hydroxyl groups is 1. The fourth-order valence-electron chi connectivity index (χ4n) is 1.36. The Kier molecular flexibility index (Phi) is 3.32. The summed E-state index contributed by atoms with van der Waals surface area (Å²) < 4.78 is 17.8. The first-order valence-corrected chi connectivity index (χ1v) is 6.08. The van der Waals surface area contributed by atoms with Gasteiger partial charge in [0.2, 0.25) is 0 Å². The van der Waals surface area contributed by atoms with E-state index in [1.54, 1.807) is 25.1 Å². The van der Waals surface area contributed by atoms with Crippen LogP contribution in [0.5, 0.6) is 0 Å². The first-order chi connectivity index (χ1) is 7.61. The minimum absolute atomic E-state index is 0.225. The van der Waals surface area contributed by atoms with Crippen molar-refractivity contribution < 1.29 is 9.50 Å². The highest BCUT2D eigenvalue weighted by Crippen LogP contribution is 2.30. The van der Waals surface area contributed by atoms with E-state index in [1.807, 2.05) is 0 Å². The summed E-state index contributed by atoms with van der Waals surface area (Å²) in [5.74, 6) is -0.456. The van der Waals surface area contributed by atoms with Gasteiger partial charge >= 0.3 is 0 Å². The largest absolute Gasteiger partial charge is 0.383 e. The molecule has 0 amide bonds. The Morgan fingerprint density at radius 3 is 2.88 bits per heavy atom. The van der Waals surface area contributed by atoms with E-state index in [0.29, 0.717) is 15.0 Å². The summed E-state index contributed by atoms with van der Waals surface area (Å²) in [6.07, 6.45) is -1.02. The Morgan fingerprint density at radius 2 is 2.25 bits per heavy atom. The van der Waals surface area contributed by atoms with Gasteiger partial charge in [-0.25, -0.2) is 4.39 Å². The minimum Gasteiger partial charge on any atom is -0.383 e. The molecule has 2 aromatic rings. The molecule has 1 aromatic carbocycles. The molecule has 0 saturated heterocycles. The fourth-order valence-corrected chi connectivity index (χ4v) is 2.39. The molecular formula is C10H8BrFN2OS. The topological polar surface area (TPSA) is 46.0 Å². The van der Waals surface area contributed by atoms with E-state index in [2.05, 4.69) is 25.5 Å². The number of hydrogen-bond donors (Lipinski definition) is 1. The van der Waals surface area contributed by atoms with Gasteiger partial charge in [0.1, 0.15) is 11.9 Å². The third-order valence-corrected chi connectivity index (χ3v) is 3.70. The molecule has 0 saturated carbocycles. The summed E-state index contributed by atoms with van der Waals surface area (Å²) in [6, 6.07) is 4.81. The molecule has 3 nitrogen and oxygen atoms in total. The SMILES string of the molecule is Cc1nnsc1C(O)c1cccc(Br)c1F. The number of benzene rings is 1. The van der Waals surface area contributed by atoms with E-state index >= 15 is 0 Å². The van der Waals surface area contributed by atoms with Crippen LogP contribution in [0.4, 0.5) is 4.39 Å². The molecule has 16 heavy (non-hydrogen) atoms. The molecule has 1 N–H and O–H groups in total. The Balaban J connectivity index is 2.46. The number of halogens is 2.